The van der Waals surface area contributed by atoms with Crippen LogP contribution in [0.4, 0.5) is 0 Å². The number of methoxy groups -OCH3 is 1. The van der Waals surface area contributed by atoms with Gasteiger partial charge in [0.05, 0.1) is 20.8 Å². The summed E-state index contributed by atoms with van der Waals surface area (Å²) in [6.07, 6.45) is 0.370. The second-order valence-corrected chi connectivity index (χ2v) is 4.75. The normalized spacial score (nSPS) is 13.2. The van der Waals surface area contributed by atoms with Crippen LogP contribution in [0.2, 0.25) is 0 Å². The fourth-order valence-corrected chi connectivity index (χ4v) is 1.89. The van der Waals surface area contributed by atoms with Crippen LogP contribution in [-0.2, 0) is 30.5 Å². The molecular weight excluding hydrogens is 288 g/mol. The smallest absolute Gasteiger partial charge is 0.328 e. The van der Waals surface area contributed by atoms with Crippen molar-refractivity contribution < 1.29 is 24.1 Å². The summed E-state index contributed by atoms with van der Waals surface area (Å²) in [6.45, 7) is 0.0888. The van der Waals surface area contributed by atoms with Crippen molar-refractivity contribution in [3.05, 3.63) is 35.9 Å². The molecule has 7 heteroatoms. The van der Waals surface area contributed by atoms with Crippen molar-refractivity contribution >= 4 is 11.9 Å². The molecule has 7 nitrogen and oxygen atoms in total. The van der Waals surface area contributed by atoms with Crippen molar-refractivity contribution in [1.29, 1.82) is 0 Å². The van der Waals surface area contributed by atoms with Crippen molar-refractivity contribution in [1.82, 2.24) is 5.32 Å². The number of carbonyl (C=O) groups is 2. The van der Waals surface area contributed by atoms with Gasteiger partial charge in [0.15, 0.2) is 0 Å². The quantitative estimate of drug-likeness (QED) is 0.383. The van der Waals surface area contributed by atoms with Crippen molar-refractivity contribution in [2.24, 2.45) is 5.73 Å². The zero-order chi connectivity index (χ0) is 16.4. The van der Waals surface area contributed by atoms with Gasteiger partial charge in [-0.15, -0.1) is 0 Å². The van der Waals surface area contributed by atoms with E-state index in [1.54, 1.807) is 0 Å². The Labute approximate surface area is 129 Å². The molecule has 0 aliphatic rings. The van der Waals surface area contributed by atoms with E-state index >= 15 is 0 Å². The van der Waals surface area contributed by atoms with Crippen LogP contribution in [0.15, 0.2) is 30.3 Å². The van der Waals surface area contributed by atoms with Gasteiger partial charge in [0.2, 0.25) is 5.91 Å². The lowest BCUT2D eigenvalue weighted by atomic mass is 10.1. The molecule has 0 aromatic heterocycles. The number of hydrogen-bond acceptors (Lipinski definition) is 6. The van der Waals surface area contributed by atoms with Crippen LogP contribution in [0.3, 0.4) is 0 Å². The molecular formula is C15H22N2O5. The maximum Gasteiger partial charge on any atom is 0.328 e. The summed E-state index contributed by atoms with van der Waals surface area (Å²) in [5.41, 5.74) is 6.64. The first kappa shape index (κ1) is 18.1. The average Bonchev–Trinajstić information content (AvgIpc) is 2.52. The molecule has 0 bridgehead atoms. The van der Waals surface area contributed by atoms with Gasteiger partial charge >= 0.3 is 5.97 Å². The van der Waals surface area contributed by atoms with E-state index in [4.69, 9.17) is 10.5 Å². The van der Waals surface area contributed by atoms with Crippen LogP contribution in [0, 0.1) is 0 Å². The van der Waals surface area contributed by atoms with Crippen LogP contribution in [0.25, 0.3) is 0 Å². The Balaban J connectivity index is 2.57. The standard InChI is InChI=1S/C15H22N2O5/c1-20-15(19)13(8-11-6-4-3-5-7-11)17-14(18)9-12(16)10-22-21-2/h3-7,12-13H,8-10,16H2,1-2H3,(H,17,18)/t12-,13+/m0/s1. The second-order valence-electron chi connectivity index (χ2n) is 4.75. The predicted octanol–water partition coefficient (Wildman–Crippen LogP) is 0.182. The van der Waals surface area contributed by atoms with Crippen molar-refractivity contribution in [2.75, 3.05) is 20.8 Å². The molecule has 2 atom stereocenters. The fourth-order valence-electron chi connectivity index (χ4n) is 1.89. The van der Waals surface area contributed by atoms with Crippen molar-refractivity contribution in [2.45, 2.75) is 24.9 Å². The maximum atomic E-state index is 11.9. The molecule has 1 aromatic rings. The number of nitrogens with two attached hydrogens (primary N) is 1. The monoisotopic (exact) mass is 310 g/mol. The van der Waals surface area contributed by atoms with Gasteiger partial charge in [-0.05, 0) is 5.56 Å². The molecule has 0 unspecified atom stereocenters. The van der Waals surface area contributed by atoms with Gasteiger partial charge in [-0.1, -0.05) is 30.3 Å². The molecule has 1 rings (SSSR count). The highest BCUT2D eigenvalue weighted by Gasteiger charge is 2.22. The number of amides is 1. The highest BCUT2D eigenvalue weighted by molar-refractivity contribution is 5.84. The summed E-state index contributed by atoms with van der Waals surface area (Å²) >= 11 is 0. The van der Waals surface area contributed by atoms with Gasteiger partial charge in [-0.3, -0.25) is 4.79 Å². The van der Waals surface area contributed by atoms with Gasteiger partial charge in [0.1, 0.15) is 6.04 Å². The Morgan fingerprint density at radius 3 is 2.50 bits per heavy atom. The fraction of sp³-hybridized carbons (Fsp3) is 0.467. The molecule has 0 aliphatic heterocycles. The Morgan fingerprint density at radius 1 is 1.23 bits per heavy atom. The van der Waals surface area contributed by atoms with Crippen LogP contribution in [0.1, 0.15) is 12.0 Å². The molecule has 1 amide bonds. The minimum Gasteiger partial charge on any atom is -0.467 e. The van der Waals surface area contributed by atoms with E-state index in [1.165, 1.54) is 14.2 Å². The topological polar surface area (TPSA) is 99.9 Å². The lowest BCUT2D eigenvalue weighted by molar-refractivity contribution is -0.274. The van der Waals surface area contributed by atoms with Gasteiger partial charge in [0, 0.05) is 18.9 Å². The van der Waals surface area contributed by atoms with Crippen LogP contribution >= 0.6 is 0 Å². The van der Waals surface area contributed by atoms with Gasteiger partial charge in [-0.25, -0.2) is 14.6 Å². The number of benzene rings is 1. The molecule has 0 fully saturated rings. The van der Waals surface area contributed by atoms with Crippen LogP contribution in [-0.4, -0.2) is 44.8 Å². The van der Waals surface area contributed by atoms with E-state index in [0.717, 1.165) is 5.56 Å². The van der Waals surface area contributed by atoms with E-state index in [2.05, 4.69) is 15.1 Å². The Kier molecular flexibility index (Phi) is 8.13. The maximum absolute atomic E-state index is 11.9. The third-order valence-electron chi connectivity index (χ3n) is 2.95. The SMILES string of the molecule is COOC[C@@H](N)CC(=O)N[C@H](Cc1ccccc1)C(=O)OC. The number of nitrogens with one attached hydrogen (secondary N) is 1. The largest absolute Gasteiger partial charge is 0.467 e. The number of carbonyl (C=O) groups excluding carboxylic acids is 2. The first-order valence-electron chi connectivity index (χ1n) is 6.89. The van der Waals surface area contributed by atoms with Gasteiger partial charge < -0.3 is 15.8 Å². The van der Waals surface area contributed by atoms with E-state index in [9.17, 15) is 9.59 Å². The molecule has 3 N–H and O–H groups in total. The third kappa shape index (κ3) is 6.66. The third-order valence-corrected chi connectivity index (χ3v) is 2.95. The zero-order valence-corrected chi connectivity index (χ0v) is 12.8. The number of esters is 1. The van der Waals surface area contributed by atoms with Crippen molar-refractivity contribution in [3.8, 4) is 0 Å². The summed E-state index contributed by atoms with van der Waals surface area (Å²) < 4.78 is 4.73. The summed E-state index contributed by atoms with van der Waals surface area (Å²) in [6, 6.07) is 8.09. The predicted molar refractivity (Wildman–Crippen MR) is 79.6 cm³/mol. The van der Waals surface area contributed by atoms with E-state index in [-0.39, 0.29) is 18.9 Å². The van der Waals surface area contributed by atoms with E-state index in [1.807, 2.05) is 30.3 Å². The summed E-state index contributed by atoms with van der Waals surface area (Å²) in [5.74, 6) is -0.850. The Morgan fingerprint density at radius 2 is 1.91 bits per heavy atom. The highest BCUT2D eigenvalue weighted by Crippen LogP contribution is 2.05. The minimum atomic E-state index is -0.754. The number of rotatable bonds is 9. The first-order valence-corrected chi connectivity index (χ1v) is 6.89. The first-order chi connectivity index (χ1) is 10.6. The van der Waals surface area contributed by atoms with E-state index in [0.29, 0.717) is 6.42 Å². The second kappa shape index (κ2) is 9.88. The number of hydrogen-bond donors (Lipinski definition) is 2. The lowest BCUT2D eigenvalue weighted by Crippen LogP contribution is -2.45. The molecule has 22 heavy (non-hydrogen) atoms. The van der Waals surface area contributed by atoms with Gasteiger partial charge in [-0.2, -0.15) is 0 Å². The molecule has 0 saturated heterocycles. The van der Waals surface area contributed by atoms with Gasteiger partial charge in [0.25, 0.3) is 0 Å². The van der Waals surface area contributed by atoms with E-state index < -0.39 is 18.1 Å². The summed E-state index contributed by atoms with van der Waals surface area (Å²) in [7, 11) is 2.64. The zero-order valence-electron chi connectivity index (χ0n) is 12.8. The Hall–Kier alpha value is -1.96. The summed E-state index contributed by atoms with van der Waals surface area (Å²) in [5, 5.41) is 2.63. The molecule has 0 spiro atoms. The van der Waals surface area contributed by atoms with Crippen molar-refractivity contribution in [3.63, 3.8) is 0 Å². The molecule has 0 aliphatic carbocycles. The molecule has 0 radical (unpaired) electrons. The summed E-state index contributed by atoms with van der Waals surface area (Å²) in [4.78, 5) is 32.8. The average molecular weight is 310 g/mol. The molecule has 0 saturated carbocycles. The van der Waals surface area contributed by atoms with Crippen LogP contribution < -0.4 is 11.1 Å². The highest BCUT2D eigenvalue weighted by atomic mass is 17.2. The Bertz CT molecular complexity index is 466. The van der Waals surface area contributed by atoms with Crippen LogP contribution in [0.5, 0.6) is 0 Å². The minimum absolute atomic E-state index is 0.0195. The molecule has 0 heterocycles. The number of ether oxygens (including phenoxy) is 1. The molecule has 122 valence electrons. The lowest BCUT2D eigenvalue weighted by Gasteiger charge is -2.18. The molecule has 1 aromatic carbocycles.